The van der Waals surface area contributed by atoms with Gasteiger partial charge in [0.25, 0.3) is 0 Å². The Labute approximate surface area is 184 Å². The maximum absolute atomic E-state index is 13.5. The fourth-order valence-electron chi connectivity index (χ4n) is 3.39. The molecule has 0 aliphatic rings. The molecule has 0 aliphatic heterocycles. The summed E-state index contributed by atoms with van der Waals surface area (Å²) in [5.74, 6) is -1.21. The minimum atomic E-state index is -1.02. The minimum Gasteiger partial charge on any atom is -0.508 e. The van der Waals surface area contributed by atoms with E-state index in [-0.39, 0.29) is 63.5 Å². The first-order valence-electron chi connectivity index (χ1n) is 10.0. The number of fused-ring (bicyclic) bond motifs is 1. The van der Waals surface area contributed by atoms with Gasteiger partial charge in [0.05, 0.1) is 11.7 Å². The van der Waals surface area contributed by atoms with Crippen molar-refractivity contribution in [3.63, 3.8) is 0 Å². The monoisotopic (exact) mass is 438 g/mol. The third-order valence-electron chi connectivity index (χ3n) is 5.24. The summed E-state index contributed by atoms with van der Waals surface area (Å²) in [6, 6.07) is 5.09. The smallest absolute Gasteiger partial charge is 0.200 e. The number of benzene rings is 2. The van der Waals surface area contributed by atoms with E-state index in [1.54, 1.807) is 6.92 Å². The molecule has 0 unspecified atom stereocenters. The summed E-state index contributed by atoms with van der Waals surface area (Å²) < 4.78 is 5.91. The summed E-state index contributed by atoms with van der Waals surface area (Å²) in [6.45, 7) is 9.01. The second kappa shape index (κ2) is 8.80. The third-order valence-corrected chi connectivity index (χ3v) is 5.24. The number of phenols is 4. The molecule has 0 bridgehead atoms. The summed E-state index contributed by atoms with van der Waals surface area (Å²) in [5, 5.41) is 51.3. The van der Waals surface area contributed by atoms with Crippen LogP contribution in [-0.4, -0.2) is 31.6 Å². The molecule has 0 fully saturated rings. The molecular formula is C25H26O7. The Hall–Kier alpha value is -3.71. The van der Waals surface area contributed by atoms with Crippen molar-refractivity contribution in [2.75, 3.05) is 0 Å². The van der Waals surface area contributed by atoms with Gasteiger partial charge in [-0.3, -0.25) is 4.79 Å². The number of phenolic OH excluding ortho intramolecular Hbond substituents is 4. The highest BCUT2D eigenvalue weighted by molar-refractivity contribution is 5.89. The second-order valence-corrected chi connectivity index (χ2v) is 8.09. The van der Waals surface area contributed by atoms with Crippen LogP contribution in [0, 0.1) is 0 Å². The van der Waals surface area contributed by atoms with Gasteiger partial charge in [0.2, 0.25) is 5.43 Å². The van der Waals surface area contributed by atoms with E-state index in [9.17, 15) is 30.3 Å². The van der Waals surface area contributed by atoms with Crippen LogP contribution in [0.15, 0.2) is 57.3 Å². The molecule has 0 radical (unpaired) electrons. The van der Waals surface area contributed by atoms with Crippen LogP contribution in [0.4, 0.5) is 0 Å². The first-order chi connectivity index (χ1) is 15.0. The van der Waals surface area contributed by atoms with E-state index in [0.29, 0.717) is 5.57 Å². The van der Waals surface area contributed by atoms with Crippen LogP contribution in [0.3, 0.4) is 0 Å². The van der Waals surface area contributed by atoms with Gasteiger partial charge >= 0.3 is 0 Å². The molecular weight excluding hydrogens is 412 g/mol. The molecule has 1 atom stereocenters. The van der Waals surface area contributed by atoms with Gasteiger partial charge in [0.1, 0.15) is 39.7 Å². The molecule has 32 heavy (non-hydrogen) atoms. The maximum atomic E-state index is 13.5. The van der Waals surface area contributed by atoms with Crippen LogP contribution in [0.1, 0.15) is 31.9 Å². The van der Waals surface area contributed by atoms with Gasteiger partial charge in [0.15, 0.2) is 0 Å². The van der Waals surface area contributed by atoms with E-state index in [4.69, 9.17) is 4.42 Å². The van der Waals surface area contributed by atoms with Crippen molar-refractivity contribution in [1.82, 2.24) is 0 Å². The molecule has 2 aromatic carbocycles. The Morgan fingerprint density at radius 3 is 2.34 bits per heavy atom. The summed E-state index contributed by atoms with van der Waals surface area (Å²) in [6.07, 6.45) is 0.823. The highest BCUT2D eigenvalue weighted by atomic mass is 16.3. The van der Waals surface area contributed by atoms with Crippen molar-refractivity contribution in [2.45, 2.75) is 39.7 Å². The van der Waals surface area contributed by atoms with E-state index in [1.807, 2.05) is 19.9 Å². The first kappa shape index (κ1) is 23.0. The quantitative estimate of drug-likeness (QED) is 0.363. The van der Waals surface area contributed by atoms with Crippen molar-refractivity contribution < 1.29 is 29.9 Å². The molecule has 0 spiro atoms. The van der Waals surface area contributed by atoms with Crippen molar-refractivity contribution in [1.29, 1.82) is 0 Å². The van der Waals surface area contributed by atoms with E-state index < -0.39 is 17.3 Å². The third kappa shape index (κ3) is 4.33. The lowest BCUT2D eigenvalue weighted by molar-refractivity contribution is 0.209. The van der Waals surface area contributed by atoms with Gasteiger partial charge in [-0.15, -0.1) is 0 Å². The maximum Gasteiger partial charge on any atom is 0.200 e. The van der Waals surface area contributed by atoms with Gasteiger partial charge in [-0.1, -0.05) is 23.8 Å². The van der Waals surface area contributed by atoms with E-state index >= 15 is 0 Å². The second-order valence-electron chi connectivity index (χ2n) is 8.09. The highest BCUT2D eigenvalue weighted by Gasteiger charge is 2.24. The average molecular weight is 438 g/mol. The lowest BCUT2D eigenvalue weighted by Crippen LogP contribution is -2.14. The number of hydrogen-bond acceptors (Lipinski definition) is 7. The molecule has 0 aliphatic carbocycles. The Bertz CT molecular complexity index is 1290. The lowest BCUT2D eigenvalue weighted by atomic mass is 9.96. The van der Waals surface area contributed by atoms with Gasteiger partial charge in [-0.25, -0.2) is 0 Å². The predicted molar refractivity (Wildman–Crippen MR) is 122 cm³/mol. The largest absolute Gasteiger partial charge is 0.508 e. The molecule has 168 valence electrons. The van der Waals surface area contributed by atoms with Crippen LogP contribution in [-0.2, 0) is 12.8 Å². The summed E-state index contributed by atoms with van der Waals surface area (Å²) in [4.78, 5) is 13.5. The van der Waals surface area contributed by atoms with Gasteiger partial charge in [0, 0.05) is 29.7 Å². The first-order valence-corrected chi connectivity index (χ1v) is 10.0. The molecule has 3 aromatic rings. The Morgan fingerprint density at radius 2 is 1.75 bits per heavy atom. The molecule has 0 saturated carbocycles. The zero-order valence-electron chi connectivity index (χ0n) is 18.1. The Morgan fingerprint density at radius 1 is 1.06 bits per heavy atom. The fraction of sp³-hybridized carbons (Fsp3) is 0.240. The van der Waals surface area contributed by atoms with Crippen LogP contribution in [0.5, 0.6) is 23.0 Å². The minimum absolute atomic E-state index is 0.00805. The van der Waals surface area contributed by atoms with Crippen molar-refractivity contribution in [3.8, 4) is 34.3 Å². The number of aliphatic hydroxyl groups is 1. The highest BCUT2D eigenvalue weighted by Crippen LogP contribution is 2.40. The molecule has 1 aromatic heterocycles. The lowest BCUT2D eigenvalue weighted by Gasteiger charge is -2.16. The molecule has 5 N–H and O–H groups in total. The SMILES string of the molecule is C=C(C)[C@H](O)Cc1c(O)cc2oc(-c3ccc(O)cc3O)c(CC=C(C)C)c(=O)c2c1O. The van der Waals surface area contributed by atoms with E-state index in [2.05, 4.69) is 6.58 Å². The summed E-state index contributed by atoms with van der Waals surface area (Å²) >= 11 is 0. The van der Waals surface area contributed by atoms with E-state index in [1.165, 1.54) is 18.2 Å². The molecule has 7 nitrogen and oxygen atoms in total. The molecule has 0 saturated heterocycles. The zero-order chi connectivity index (χ0) is 23.7. The van der Waals surface area contributed by atoms with Crippen molar-refractivity contribution in [3.05, 3.63) is 69.4 Å². The fourth-order valence-corrected chi connectivity index (χ4v) is 3.39. The molecule has 7 heteroatoms. The summed E-state index contributed by atoms with van der Waals surface area (Å²) in [7, 11) is 0. The summed E-state index contributed by atoms with van der Waals surface area (Å²) in [5.41, 5.74) is 1.15. The van der Waals surface area contributed by atoms with Crippen molar-refractivity contribution in [2.24, 2.45) is 0 Å². The van der Waals surface area contributed by atoms with Crippen LogP contribution >= 0.6 is 0 Å². The Kier molecular flexibility index (Phi) is 6.32. The van der Waals surface area contributed by atoms with Gasteiger partial charge in [-0.2, -0.15) is 0 Å². The molecule has 1 heterocycles. The van der Waals surface area contributed by atoms with Gasteiger partial charge < -0.3 is 29.9 Å². The van der Waals surface area contributed by atoms with Crippen LogP contribution in [0.2, 0.25) is 0 Å². The number of aliphatic hydroxyl groups excluding tert-OH is 1. The van der Waals surface area contributed by atoms with Crippen molar-refractivity contribution >= 4 is 11.0 Å². The zero-order valence-corrected chi connectivity index (χ0v) is 18.1. The Balaban J connectivity index is 2.36. The normalized spacial score (nSPS) is 12.0. The standard InChI is InChI=1S/C25H26O7/c1-12(2)5-7-16-23(30)22-21(32-25(16)15-8-6-14(26)9-19(15)28)11-20(29)17(24(22)31)10-18(27)13(3)4/h5-6,8-9,11,18,26-29,31H,3,7,10H2,1-2,4H3/t18-/m1/s1. The topological polar surface area (TPSA) is 131 Å². The number of allylic oxidation sites excluding steroid dienone is 2. The molecule has 3 rings (SSSR count). The average Bonchev–Trinajstić information content (AvgIpc) is 2.69. The number of aromatic hydroxyl groups is 4. The van der Waals surface area contributed by atoms with Crippen LogP contribution < -0.4 is 5.43 Å². The number of hydrogen-bond donors (Lipinski definition) is 5. The van der Waals surface area contributed by atoms with Crippen LogP contribution in [0.25, 0.3) is 22.3 Å². The number of rotatable bonds is 6. The predicted octanol–water partition coefficient (Wildman–Crippen LogP) is 4.27. The van der Waals surface area contributed by atoms with Gasteiger partial charge in [-0.05, 0) is 39.3 Å². The van der Waals surface area contributed by atoms with E-state index in [0.717, 1.165) is 11.6 Å². The molecule has 0 amide bonds.